The van der Waals surface area contributed by atoms with E-state index in [1.807, 2.05) is 13.8 Å². The van der Waals surface area contributed by atoms with E-state index in [1.54, 1.807) is 18.2 Å². The molecule has 0 aromatic heterocycles. The molecule has 0 saturated heterocycles. The van der Waals surface area contributed by atoms with E-state index in [-0.39, 0.29) is 22.3 Å². The van der Waals surface area contributed by atoms with Gasteiger partial charge in [-0.25, -0.2) is 13.6 Å². The van der Waals surface area contributed by atoms with Crippen LogP contribution < -0.4 is 30.8 Å². The zero-order valence-corrected chi connectivity index (χ0v) is 18.2. The second kappa shape index (κ2) is 10.8. The third-order valence-electron chi connectivity index (χ3n) is 3.73. The van der Waals surface area contributed by atoms with Gasteiger partial charge in [0.2, 0.25) is 15.9 Å². The molecule has 0 spiro atoms. The average Bonchev–Trinajstić information content (AvgIpc) is 2.68. The molecule has 0 heterocycles. The van der Waals surface area contributed by atoms with E-state index in [1.165, 1.54) is 24.3 Å². The number of nitrogens with one attached hydrogen (secondary N) is 3. The zero-order valence-electron chi connectivity index (χ0n) is 16.6. The first-order chi connectivity index (χ1) is 14.2. The van der Waals surface area contributed by atoms with E-state index in [4.69, 9.17) is 26.8 Å². The second-order valence-corrected chi connectivity index (χ2v) is 7.99. The first-order valence-corrected chi connectivity index (χ1v) is 11.1. The van der Waals surface area contributed by atoms with Crippen LogP contribution in [0, 0.1) is 0 Å². The number of hydrogen-bond donors (Lipinski definition) is 4. The van der Waals surface area contributed by atoms with Crippen molar-refractivity contribution in [3.63, 3.8) is 0 Å². The Hall–Kier alpha value is -2.89. The molecule has 0 aliphatic rings. The van der Waals surface area contributed by atoms with Crippen LogP contribution in [0.2, 0.25) is 0 Å². The van der Waals surface area contributed by atoms with Crippen molar-refractivity contribution in [2.45, 2.75) is 25.2 Å². The van der Waals surface area contributed by atoms with E-state index in [9.17, 15) is 13.2 Å². The molecule has 0 aliphatic carbocycles. The molecule has 0 unspecified atom stereocenters. The van der Waals surface area contributed by atoms with Crippen LogP contribution in [-0.4, -0.2) is 32.7 Å². The SMILES string of the molecule is CCOc1ccc(CC(=O)NNC(=S)Nc2ccc(S(N)(=O)=O)cc2)cc1OCC. The highest BCUT2D eigenvalue weighted by molar-refractivity contribution is 7.89. The van der Waals surface area contributed by atoms with Crippen molar-refractivity contribution in [2.75, 3.05) is 18.5 Å². The number of sulfonamides is 1. The molecule has 0 aliphatic heterocycles. The van der Waals surface area contributed by atoms with Crippen molar-refractivity contribution in [2.24, 2.45) is 5.14 Å². The molecule has 0 saturated carbocycles. The molecule has 0 atom stereocenters. The minimum atomic E-state index is -3.76. The van der Waals surface area contributed by atoms with Crippen LogP contribution >= 0.6 is 12.2 Å². The van der Waals surface area contributed by atoms with Crippen molar-refractivity contribution in [3.05, 3.63) is 48.0 Å². The summed E-state index contributed by atoms with van der Waals surface area (Å²) in [5.74, 6) is 0.897. The van der Waals surface area contributed by atoms with Gasteiger partial charge >= 0.3 is 0 Å². The van der Waals surface area contributed by atoms with E-state index in [0.29, 0.717) is 30.4 Å². The molecular weight excluding hydrogens is 428 g/mol. The fraction of sp³-hybridized carbons (Fsp3) is 0.263. The quantitative estimate of drug-likeness (QED) is 0.351. The van der Waals surface area contributed by atoms with Gasteiger partial charge < -0.3 is 14.8 Å². The number of carbonyl (C=O) groups excluding carboxylic acids is 1. The van der Waals surface area contributed by atoms with Crippen LogP contribution in [0.3, 0.4) is 0 Å². The van der Waals surface area contributed by atoms with Crippen LogP contribution in [0.5, 0.6) is 11.5 Å². The van der Waals surface area contributed by atoms with Gasteiger partial charge in [-0.2, -0.15) is 0 Å². The Balaban J connectivity index is 1.88. The summed E-state index contributed by atoms with van der Waals surface area (Å²) in [4.78, 5) is 12.2. The molecule has 0 radical (unpaired) electrons. The van der Waals surface area contributed by atoms with Gasteiger partial charge in [0.1, 0.15) is 0 Å². The van der Waals surface area contributed by atoms with Gasteiger partial charge in [0.15, 0.2) is 16.6 Å². The highest BCUT2D eigenvalue weighted by Crippen LogP contribution is 2.28. The van der Waals surface area contributed by atoms with Gasteiger partial charge in [-0.3, -0.25) is 15.6 Å². The fourth-order valence-electron chi connectivity index (χ4n) is 2.45. The summed E-state index contributed by atoms with van der Waals surface area (Å²) in [6.07, 6.45) is 0.102. The van der Waals surface area contributed by atoms with Gasteiger partial charge in [0, 0.05) is 5.69 Å². The summed E-state index contributed by atoms with van der Waals surface area (Å²) in [6.45, 7) is 4.75. The van der Waals surface area contributed by atoms with Gasteiger partial charge in [-0.1, -0.05) is 6.07 Å². The summed E-state index contributed by atoms with van der Waals surface area (Å²) in [5.41, 5.74) is 6.37. The number of ether oxygens (including phenoxy) is 2. The van der Waals surface area contributed by atoms with Crippen LogP contribution in [0.1, 0.15) is 19.4 Å². The van der Waals surface area contributed by atoms with Gasteiger partial charge in [0.05, 0.1) is 24.5 Å². The summed E-state index contributed by atoms with van der Waals surface area (Å²) in [6, 6.07) is 11.0. The lowest BCUT2D eigenvalue weighted by atomic mass is 10.1. The largest absolute Gasteiger partial charge is 0.490 e. The number of benzene rings is 2. The summed E-state index contributed by atoms with van der Waals surface area (Å²) < 4.78 is 33.6. The number of nitrogens with two attached hydrogens (primary N) is 1. The number of hydrazine groups is 1. The first-order valence-electron chi connectivity index (χ1n) is 9.10. The Morgan fingerprint density at radius 1 is 1.00 bits per heavy atom. The van der Waals surface area contributed by atoms with E-state index in [0.717, 1.165) is 5.56 Å². The van der Waals surface area contributed by atoms with E-state index in [2.05, 4.69) is 16.2 Å². The molecule has 162 valence electrons. The Labute approximate surface area is 181 Å². The summed E-state index contributed by atoms with van der Waals surface area (Å²) >= 11 is 5.11. The summed E-state index contributed by atoms with van der Waals surface area (Å²) in [7, 11) is -3.76. The van der Waals surface area contributed by atoms with E-state index < -0.39 is 10.0 Å². The molecular formula is C19H24N4O5S2. The molecule has 30 heavy (non-hydrogen) atoms. The lowest BCUT2D eigenvalue weighted by Gasteiger charge is -2.14. The maximum Gasteiger partial charge on any atom is 0.242 e. The number of hydrogen-bond acceptors (Lipinski definition) is 6. The predicted molar refractivity (Wildman–Crippen MR) is 118 cm³/mol. The number of anilines is 1. The molecule has 11 heteroatoms. The molecule has 5 N–H and O–H groups in total. The second-order valence-electron chi connectivity index (χ2n) is 6.02. The number of primary sulfonamides is 1. The van der Waals surface area contributed by atoms with Crippen molar-refractivity contribution in [1.82, 2.24) is 10.9 Å². The maximum absolute atomic E-state index is 12.2. The highest BCUT2D eigenvalue weighted by Gasteiger charge is 2.10. The average molecular weight is 453 g/mol. The highest BCUT2D eigenvalue weighted by atomic mass is 32.2. The Morgan fingerprint density at radius 3 is 2.23 bits per heavy atom. The van der Waals surface area contributed by atoms with Crippen LogP contribution in [0.4, 0.5) is 5.69 Å². The topological polar surface area (TPSA) is 132 Å². The van der Waals surface area contributed by atoms with Crippen molar-refractivity contribution >= 4 is 38.9 Å². The van der Waals surface area contributed by atoms with Crippen molar-refractivity contribution < 1.29 is 22.7 Å². The lowest BCUT2D eigenvalue weighted by Crippen LogP contribution is -2.44. The standard InChI is InChI=1S/C19H24N4O5S2/c1-3-27-16-10-5-13(11-17(16)28-4-2)12-18(24)22-23-19(29)21-14-6-8-15(9-7-14)30(20,25)26/h5-11H,3-4,12H2,1-2H3,(H,22,24)(H2,20,25,26)(H2,21,23,29). The molecule has 2 aromatic carbocycles. The number of rotatable bonds is 8. The first kappa shape index (κ1) is 23.4. The predicted octanol–water partition coefficient (Wildman–Crippen LogP) is 1.69. The minimum Gasteiger partial charge on any atom is -0.490 e. The zero-order chi connectivity index (χ0) is 22.1. The third-order valence-corrected chi connectivity index (χ3v) is 4.86. The monoisotopic (exact) mass is 452 g/mol. The third kappa shape index (κ3) is 7.17. The van der Waals surface area contributed by atoms with Crippen molar-refractivity contribution in [3.8, 4) is 11.5 Å². The van der Waals surface area contributed by atoms with Crippen LogP contribution in [-0.2, 0) is 21.2 Å². The Kier molecular flexibility index (Phi) is 8.39. The molecule has 9 nitrogen and oxygen atoms in total. The molecule has 1 amide bonds. The van der Waals surface area contributed by atoms with E-state index >= 15 is 0 Å². The number of carbonyl (C=O) groups is 1. The van der Waals surface area contributed by atoms with Gasteiger partial charge in [0.25, 0.3) is 0 Å². The van der Waals surface area contributed by atoms with Crippen molar-refractivity contribution in [1.29, 1.82) is 0 Å². The molecule has 0 bridgehead atoms. The maximum atomic E-state index is 12.2. The summed E-state index contributed by atoms with van der Waals surface area (Å²) in [5, 5.41) is 8.01. The Bertz CT molecular complexity index is 994. The fourth-order valence-corrected chi connectivity index (χ4v) is 3.14. The Morgan fingerprint density at radius 2 is 1.63 bits per heavy atom. The minimum absolute atomic E-state index is 0.0120. The normalized spacial score (nSPS) is 10.8. The van der Waals surface area contributed by atoms with Crippen LogP contribution in [0.15, 0.2) is 47.4 Å². The smallest absolute Gasteiger partial charge is 0.242 e. The number of amides is 1. The molecule has 2 rings (SSSR count). The molecule has 0 fully saturated rings. The van der Waals surface area contributed by atoms with Gasteiger partial charge in [-0.05, 0) is 68.0 Å². The number of thiocarbonyl (C=S) groups is 1. The van der Waals surface area contributed by atoms with Crippen LogP contribution in [0.25, 0.3) is 0 Å². The van der Waals surface area contributed by atoms with Gasteiger partial charge in [-0.15, -0.1) is 0 Å². The lowest BCUT2D eigenvalue weighted by molar-refractivity contribution is -0.121. The molecule has 2 aromatic rings.